The van der Waals surface area contributed by atoms with Crippen LogP contribution in [0.2, 0.25) is 10.0 Å². The third-order valence-corrected chi connectivity index (χ3v) is 6.82. The van der Waals surface area contributed by atoms with E-state index in [0.717, 1.165) is 5.56 Å². The molecule has 4 rings (SSSR count). The smallest absolute Gasteiger partial charge is 0.337 e. The molecular formula is C31H32Cl2N4O7. The van der Waals surface area contributed by atoms with E-state index in [1.165, 1.54) is 13.3 Å². The van der Waals surface area contributed by atoms with Gasteiger partial charge in [0, 0.05) is 21.3 Å². The number of carbonyl (C=O) groups excluding carboxylic acids is 2. The lowest BCUT2D eigenvalue weighted by atomic mass is 9.95. The molecular weight excluding hydrogens is 611 g/mol. The lowest BCUT2D eigenvalue weighted by Gasteiger charge is -2.28. The molecule has 0 saturated carbocycles. The molecule has 0 unspecified atom stereocenters. The number of benzene rings is 3. The second-order valence-corrected chi connectivity index (χ2v) is 10.4. The number of rotatable bonds is 13. The van der Waals surface area contributed by atoms with Gasteiger partial charge in [-0.25, -0.2) is 9.59 Å². The number of allylic oxidation sites excluding steroid dienone is 1. The first-order valence-electron chi connectivity index (χ1n) is 13.6. The minimum Gasteiger partial charge on any atom is -0.490 e. The third-order valence-electron chi connectivity index (χ3n) is 6.35. The summed E-state index contributed by atoms with van der Waals surface area (Å²) in [4.78, 5) is 24.6. The highest BCUT2D eigenvalue weighted by Gasteiger charge is 2.32. The summed E-state index contributed by atoms with van der Waals surface area (Å²) in [7, 11) is 1.27. The van der Waals surface area contributed by atoms with Gasteiger partial charge in [0.1, 0.15) is 19.0 Å². The molecule has 0 spiro atoms. The Kier molecular flexibility index (Phi) is 11.3. The van der Waals surface area contributed by atoms with Crippen LogP contribution in [0.3, 0.4) is 0 Å². The van der Waals surface area contributed by atoms with Crippen LogP contribution in [0.1, 0.15) is 36.6 Å². The number of esters is 1. The SMILES string of the molecule is CCOc1cc([C@@H]2NC(=O)NC(C)=C2C(=O)OC)ccc1OC[C@H](O)N/N=C/c1cc(Cl)ccc1OCc1cccc(Cl)c1. The lowest BCUT2D eigenvalue weighted by molar-refractivity contribution is -0.136. The van der Waals surface area contributed by atoms with Gasteiger partial charge in [0.25, 0.3) is 0 Å². The van der Waals surface area contributed by atoms with Crippen LogP contribution in [0, 0.1) is 0 Å². The summed E-state index contributed by atoms with van der Waals surface area (Å²) in [6.45, 7) is 3.86. The van der Waals surface area contributed by atoms with Crippen LogP contribution in [0.25, 0.3) is 0 Å². The molecule has 0 saturated heterocycles. The summed E-state index contributed by atoms with van der Waals surface area (Å²) in [6.07, 6.45) is 0.292. The zero-order valence-corrected chi connectivity index (χ0v) is 25.7. The summed E-state index contributed by atoms with van der Waals surface area (Å²) in [6, 6.07) is 16.2. The van der Waals surface area contributed by atoms with Gasteiger partial charge in [-0.05, 0) is 67.4 Å². The number of aliphatic hydroxyl groups excluding tert-OH is 1. The van der Waals surface area contributed by atoms with Crippen molar-refractivity contribution in [1.29, 1.82) is 0 Å². The van der Waals surface area contributed by atoms with E-state index in [9.17, 15) is 14.7 Å². The minimum absolute atomic E-state index is 0.180. The van der Waals surface area contributed by atoms with Gasteiger partial charge in [-0.15, -0.1) is 0 Å². The lowest BCUT2D eigenvalue weighted by Crippen LogP contribution is -2.45. The maximum atomic E-state index is 12.4. The van der Waals surface area contributed by atoms with Crippen molar-refractivity contribution in [3.63, 3.8) is 0 Å². The molecule has 0 aliphatic carbocycles. The van der Waals surface area contributed by atoms with Crippen LogP contribution in [0.4, 0.5) is 4.79 Å². The summed E-state index contributed by atoms with van der Waals surface area (Å²) in [5.41, 5.74) is 5.33. The molecule has 1 heterocycles. The number of hydrogen-bond donors (Lipinski definition) is 4. The normalized spacial score (nSPS) is 15.3. The van der Waals surface area contributed by atoms with Gasteiger partial charge in [-0.2, -0.15) is 5.10 Å². The van der Waals surface area contributed by atoms with Crippen molar-refractivity contribution in [2.75, 3.05) is 20.3 Å². The number of methoxy groups -OCH3 is 1. The summed E-state index contributed by atoms with van der Waals surface area (Å²) in [5.74, 6) is 0.659. The molecule has 232 valence electrons. The van der Waals surface area contributed by atoms with Gasteiger partial charge in [0.15, 0.2) is 17.7 Å². The Bertz CT molecular complexity index is 1560. The van der Waals surface area contributed by atoms with Crippen molar-refractivity contribution in [1.82, 2.24) is 16.1 Å². The van der Waals surface area contributed by atoms with E-state index >= 15 is 0 Å². The Labute approximate surface area is 264 Å². The van der Waals surface area contributed by atoms with Crippen LogP contribution in [-0.4, -0.2) is 49.9 Å². The molecule has 44 heavy (non-hydrogen) atoms. The van der Waals surface area contributed by atoms with E-state index in [1.807, 2.05) is 18.2 Å². The number of hydrogen-bond acceptors (Lipinski definition) is 9. The second-order valence-electron chi connectivity index (χ2n) is 9.52. The number of carbonyl (C=O) groups is 2. The fourth-order valence-corrected chi connectivity index (χ4v) is 4.75. The Morgan fingerprint density at radius 2 is 1.82 bits per heavy atom. The molecule has 11 nitrogen and oxygen atoms in total. The molecule has 2 atom stereocenters. The number of nitrogens with one attached hydrogen (secondary N) is 3. The Balaban J connectivity index is 1.40. The number of aliphatic hydroxyl groups is 1. The monoisotopic (exact) mass is 642 g/mol. The number of urea groups is 1. The average molecular weight is 644 g/mol. The number of hydrazone groups is 1. The zero-order valence-electron chi connectivity index (χ0n) is 24.2. The first-order valence-corrected chi connectivity index (χ1v) is 14.3. The molecule has 2 amide bonds. The van der Waals surface area contributed by atoms with E-state index in [2.05, 4.69) is 21.2 Å². The van der Waals surface area contributed by atoms with E-state index in [0.29, 0.717) is 50.7 Å². The van der Waals surface area contributed by atoms with Crippen LogP contribution >= 0.6 is 23.2 Å². The zero-order chi connectivity index (χ0) is 31.6. The highest BCUT2D eigenvalue weighted by molar-refractivity contribution is 6.31. The standard InChI is InChI=1S/C31H32Cl2N4O7/c1-4-42-26-14-20(29-28(30(39)41-3)18(2)35-31(40)36-29)8-10-25(26)44-17-27(38)37-34-15-21-13-23(33)9-11-24(21)43-16-19-6-5-7-22(32)12-19/h5-15,27,29,37-38H,4,16-17H2,1-3H3,(H2,35,36,40)/b34-15+/t27-,29-/m0/s1. The Morgan fingerprint density at radius 3 is 2.57 bits per heavy atom. The van der Waals surface area contributed by atoms with Crippen molar-refractivity contribution in [2.24, 2.45) is 5.10 Å². The topological polar surface area (TPSA) is 140 Å². The number of amides is 2. The van der Waals surface area contributed by atoms with Crippen LogP contribution in [0.5, 0.6) is 17.2 Å². The highest BCUT2D eigenvalue weighted by Crippen LogP contribution is 2.35. The Morgan fingerprint density at radius 1 is 1.05 bits per heavy atom. The summed E-state index contributed by atoms with van der Waals surface area (Å²) in [5, 5.41) is 21.0. The summed E-state index contributed by atoms with van der Waals surface area (Å²) < 4.78 is 22.4. The van der Waals surface area contributed by atoms with Crippen molar-refractivity contribution in [2.45, 2.75) is 32.7 Å². The fourth-order valence-electron chi connectivity index (χ4n) is 4.35. The molecule has 0 aromatic heterocycles. The van der Waals surface area contributed by atoms with E-state index in [1.54, 1.807) is 56.3 Å². The molecule has 0 radical (unpaired) electrons. The van der Waals surface area contributed by atoms with E-state index in [-0.39, 0.29) is 18.8 Å². The molecule has 1 aliphatic rings. The summed E-state index contributed by atoms with van der Waals surface area (Å²) >= 11 is 12.2. The third kappa shape index (κ3) is 8.56. The van der Waals surface area contributed by atoms with Gasteiger partial charge in [-0.3, -0.25) is 5.43 Å². The molecule has 4 N–H and O–H groups in total. The first-order chi connectivity index (χ1) is 21.2. The largest absolute Gasteiger partial charge is 0.490 e. The van der Waals surface area contributed by atoms with Crippen molar-refractivity contribution in [3.8, 4) is 17.2 Å². The van der Waals surface area contributed by atoms with Gasteiger partial charge in [0.05, 0.1) is 31.5 Å². The number of halogens is 2. The Hall–Kier alpha value is -4.45. The maximum Gasteiger partial charge on any atom is 0.337 e. The molecule has 1 aliphatic heterocycles. The van der Waals surface area contributed by atoms with Crippen LogP contribution in [-0.2, 0) is 16.1 Å². The van der Waals surface area contributed by atoms with Crippen molar-refractivity contribution >= 4 is 41.4 Å². The van der Waals surface area contributed by atoms with Crippen molar-refractivity contribution in [3.05, 3.63) is 98.7 Å². The predicted molar refractivity (Wildman–Crippen MR) is 166 cm³/mol. The molecule has 3 aromatic carbocycles. The van der Waals surface area contributed by atoms with Crippen LogP contribution < -0.4 is 30.3 Å². The van der Waals surface area contributed by atoms with Gasteiger partial charge in [-0.1, -0.05) is 41.4 Å². The van der Waals surface area contributed by atoms with E-state index in [4.69, 9.17) is 42.1 Å². The average Bonchev–Trinajstić information content (AvgIpc) is 2.99. The van der Waals surface area contributed by atoms with Crippen molar-refractivity contribution < 1.29 is 33.6 Å². The van der Waals surface area contributed by atoms with Gasteiger partial charge >= 0.3 is 12.0 Å². The quantitative estimate of drug-likeness (QED) is 0.0875. The fraction of sp³-hybridized carbons (Fsp3) is 0.258. The molecule has 0 bridgehead atoms. The molecule has 13 heteroatoms. The number of nitrogens with zero attached hydrogens (tertiary/aromatic N) is 1. The number of ether oxygens (including phenoxy) is 4. The van der Waals surface area contributed by atoms with Gasteiger partial charge < -0.3 is 34.7 Å². The van der Waals surface area contributed by atoms with E-state index < -0.39 is 24.3 Å². The molecule has 3 aromatic rings. The first kappa shape index (κ1) is 32.5. The highest BCUT2D eigenvalue weighted by atomic mass is 35.5. The molecule has 0 fully saturated rings. The maximum absolute atomic E-state index is 12.4. The minimum atomic E-state index is -1.18. The van der Waals surface area contributed by atoms with Gasteiger partial charge in [0.2, 0.25) is 0 Å². The second kappa shape index (κ2) is 15.3. The van der Waals surface area contributed by atoms with Crippen LogP contribution in [0.15, 0.2) is 77.0 Å². The predicted octanol–water partition coefficient (Wildman–Crippen LogP) is 5.09.